The average molecular weight is 434 g/mol. The number of halogens is 1. The molecule has 0 saturated heterocycles. The van der Waals surface area contributed by atoms with E-state index in [4.69, 9.17) is 0 Å². The molecule has 0 aliphatic carbocycles. The van der Waals surface area contributed by atoms with Crippen LogP contribution in [0, 0.1) is 0 Å². The van der Waals surface area contributed by atoms with Crippen LogP contribution in [0.5, 0.6) is 0 Å². The molecule has 4 nitrogen and oxygen atoms in total. The number of rotatable bonds is 2. The van der Waals surface area contributed by atoms with Crippen molar-refractivity contribution in [1.82, 2.24) is 0 Å². The van der Waals surface area contributed by atoms with Gasteiger partial charge in [0.25, 0.3) is 0 Å². The largest absolute Gasteiger partial charge is 1.00 e. The van der Waals surface area contributed by atoms with Crippen molar-refractivity contribution in [1.29, 1.82) is 0 Å². The molecule has 0 bridgehead atoms. The molecule has 2 N–H and O–H groups in total. The summed E-state index contributed by atoms with van der Waals surface area (Å²) >= 11 is -2.29. The minimum atomic E-state index is -3.67. The number of sulfonamides is 1. The van der Waals surface area contributed by atoms with Crippen molar-refractivity contribution < 1.29 is 26.1 Å². The molecule has 3 aromatic carbocycles. The summed E-state index contributed by atoms with van der Waals surface area (Å²) in [6.45, 7) is 0. The molecular weight excluding hydrogens is 419 g/mol. The Morgan fingerprint density at radius 2 is 1.20 bits per heavy atom. The van der Waals surface area contributed by atoms with Crippen molar-refractivity contribution in [3.63, 3.8) is 0 Å². The maximum atomic E-state index is 12.8. The normalized spacial score (nSPS) is 12.6. The van der Waals surface area contributed by atoms with Gasteiger partial charge in [-0.25, -0.2) is 0 Å². The Morgan fingerprint density at radius 3 is 1.76 bits per heavy atom. The fraction of sp³-hybridized carbons (Fsp3) is 0. The zero-order chi connectivity index (χ0) is 16.6. The fourth-order valence-electron chi connectivity index (χ4n) is 2.74. The van der Waals surface area contributed by atoms with Crippen LogP contribution in [-0.4, -0.2) is 22.9 Å². The van der Waals surface area contributed by atoms with Gasteiger partial charge in [-0.1, -0.05) is 0 Å². The van der Waals surface area contributed by atoms with E-state index in [1.54, 1.807) is 30.3 Å². The zero-order valence-corrected chi connectivity index (χ0v) is 16.5. The van der Waals surface area contributed by atoms with E-state index in [-0.39, 0.29) is 17.3 Å². The number of hydrogen-bond acceptors (Lipinski definition) is 2. The molecular formula is C18H15AsClN2O2S. The maximum Gasteiger partial charge on any atom is -1.00 e. The van der Waals surface area contributed by atoms with Crippen molar-refractivity contribution in [2.24, 2.45) is 3.27 Å². The second-order valence-electron chi connectivity index (χ2n) is 5.44. The number of para-hydroxylation sites is 2. The molecule has 0 amide bonds. The van der Waals surface area contributed by atoms with Gasteiger partial charge in [0.1, 0.15) is 0 Å². The first-order valence-corrected chi connectivity index (χ1v) is 11.7. The van der Waals surface area contributed by atoms with Crippen LogP contribution in [0.3, 0.4) is 0 Å². The van der Waals surface area contributed by atoms with Gasteiger partial charge in [0.15, 0.2) is 0 Å². The van der Waals surface area contributed by atoms with Gasteiger partial charge in [-0.15, -0.1) is 0 Å². The fourth-order valence-corrected chi connectivity index (χ4v) is 9.89. The summed E-state index contributed by atoms with van der Waals surface area (Å²) in [5, 5.41) is 2.11. The van der Waals surface area contributed by atoms with Gasteiger partial charge < -0.3 is 12.4 Å². The molecule has 0 unspecified atom stereocenters. The molecule has 4 rings (SSSR count). The van der Waals surface area contributed by atoms with Crippen LogP contribution in [0.4, 0.5) is 11.4 Å². The van der Waals surface area contributed by atoms with Crippen molar-refractivity contribution in [2.75, 3.05) is 0 Å². The standard InChI is InChI=1S/C18H14AsN2O2S.ClH/c22-24(23,14-8-2-1-3-9-14)21-19-15-10-4-6-12-17(15)20-18-13-7-5-11-16(18)19;/h1-13H,(H,20,21);1H. The molecule has 3 aromatic rings. The van der Waals surface area contributed by atoms with Gasteiger partial charge in [-0.05, 0) is 0 Å². The molecule has 0 aromatic heterocycles. The van der Waals surface area contributed by atoms with E-state index in [1.807, 2.05) is 48.5 Å². The number of quaternary nitrogens is 1. The first-order valence-electron chi connectivity index (χ1n) is 7.51. The van der Waals surface area contributed by atoms with E-state index in [2.05, 4.69) is 8.58 Å². The van der Waals surface area contributed by atoms with Crippen LogP contribution < -0.4 is 26.4 Å². The number of nitrogens with zero attached hydrogens (tertiary/aromatic N) is 1. The second-order valence-corrected chi connectivity index (χ2v) is 11.4. The summed E-state index contributed by atoms with van der Waals surface area (Å²) in [5.41, 5.74) is 2.14. The van der Waals surface area contributed by atoms with E-state index >= 15 is 0 Å². The van der Waals surface area contributed by atoms with Crippen molar-refractivity contribution in [3.05, 3.63) is 78.9 Å². The molecule has 0 saturated carbocycles. The van der Waals surface area contributed by atoms with Gasteiger partial charge in [0, 0.05) is 0 Å². The Morgan fingerprint density at radius 1 is 0.720 bits per heavy atom. The number of fused-ring (bicyclic) bond motifs is 2. The number of hydrogen-bond donors (Lipinski definition) is 1. The first kappa shape index (κ1) is 18.0. The molecule has 0 atom stereocenters. The number of benzene rings is 3. The van der Waals surface area contributed by atoms with Crippen LogP contribution in [0.25, 0.3) is 0 Å². The number of nitrogens with two attached hydrogens (primary N) is 1. The van der Waals surface area contributed by atoms with E-state index in [0.717, 1.165) is 20.1 Å². The van der Waals surface area contributed by atoms with Crippen LogP contribution in [0.15, 0.2) is 87.0 Å². The SMILES string of the molecule is O=S(=O)(N=[As]1c2ccccc2[NH2+]c2ccccc21)c1ccccc1.[Cl-]. The summed E-state index contributed by atoms with van der Waals surface area (Å²) in [5.74, 6) is 0. The molecule has 0 spiro atoms. The minimum absolute atomic E-state index is 0. The monoisotopic (exact) mass is 433 g/mol. The van der Waals surface area contributed by atoms with Crippen molar-refractivity contribution in [3.8, 4) is 0 Å². The first-order chi connectivity index (χ1) is 11.6. The summed E-state index contributed by atoms with van der Waals surface area (Å²) in [7, 11) is -3.67. The second kappa shape index (κ2) is 7.22. The average Bonchev–Trinajstić information content (AvgIpc) is 2.62. The zero-order valence-electron chi connectivity index (χ0n) is 13.1. The summed E-state index contributed by atoms with van der Waals surface area (Å²) in [4.78, 5) is 0.254. The Kier molecular flexibility index (Phi) is 5.21. The Hall–Kier alpha value is -1.78. The molecule has 127 valence electrons. The predicted molar refractivity (Wildman–Crippen MR) is 95.2 cm³/mol. The smallest absolute Gasteiger partial charge is 1.00 e. The third-order valence-electron chi connectivity index (χ3n) is 3.87. The molecule has 7 heteroatoms. The van der Waals surface area contributed by atoms with Gasteiger partial charge >= 0.3 is 145 Å². The third kappa shape index (κ3) is 3.46. The molecule has 1 heterocycles. The van der Waals surface area contributed by atoms with Crippen molar-refractivity contribution in [2.45, 2.75) is 4.90 Å². The van der Waals surface area contributed by atoms with E-state index in [1.165, 1.54) is 0 Å². The Bertz CT molecular complexity index is 1010. The predicted octanol–water partition coefficient (Wildman–Crippen LogP) is -1.71. The van der Waals surface area contributed by atoms with E-state index in [9.17, 15) is 8.42 Å². The molecule has 25 heavy (non-hydrogen) atoms. The Balaban J connectivity index is 0.00000182. The van der Waals surface area contributed by atoms with Gasteiger partial charge in [0.05, 0.1) is 0 Å². The quantitative estimate of drug-likeness (QED) is 0.302. The van der Waals surface area contributed by atoms with E-state index < -0.39 is 24.5 Å². The topological polar surface area (TPSA) is 63.1 Å². The molecule has 1 aliphatic rings. The van der Waals surface area contributed by atoms with Gasteiger partial charge in [0.2, 0.25) is 0 Å². The Labute approximate surface area is 157 Å². The summed E-state index contributed by atoms with van der Waals surface area (Å²) in [6, 6.07) is 24.4. The van der Waals surface area contributed by atoms with Crippen LogP contribution in [0.2, 0.25) is 0 Å². The maximum absolute atomic E-state index is 12.8. The summed E-state index contributed by atoms with van der Waals surface area (Å²) in [6.07, 6.45) is 0. The molecule has 0 fully saturated rings. The van der Waals surface area contributed by atoms with Crippen LogP contribution in [-0.2, 0) is 10.0 Å². The minimum Gasteiger partial charge on any atom is -1.00 e. The van der Waals surface area contributed by atoms with Gasteiger partial charge in [-0.3, -0.25) is 0 Å². The van der Waals surface area contributed by atoms with Crippen LogP contribution >= 0.6 is 0 Å². The van der Waals surface area contributed by atoms with Crippen LogP contribution in [0.1, 0.15) is 0 Å². The van der Waals surface area contributed by atoms with Crippen molar-refractivity contribution >= 4 is 44.6 Å². The van der Waals surface area contributed by atoms with Gasteiger partial charge in [-0.2, -0.15) is 0 Å². The summed E-state index contributed by atoms with van der Waals surface area (Å²) < 4.78 is 32.1. The van der Waals surface area contributed by atoms with E-state index in [0.29, 0.717) is 0 Å². The third-order valence-corrected chi connectivity index (χ3v) is 11.1. The molecule has 1 aliphatic heterocycles. The molecule has 1 radical (unpaired) electrons.